The summed E-state index contributed by atoms with van der Waals surface area (Å²) in [5.41, 5.74) is 0.926. The third kappa shape index (κ3) is 3.57. The van der Waals surface area contributed by atoms with Crippen molar-refractivity contribution in [2.75, 3.05) is 25.2 Å². The fraction of sp³-hybridized carbons (Fsp3) is 0.412. The summed E-state index contributed by atoms with van der Waals surface area (Å²) in [6, 6.07) is 3.40. The van der Waals surface area contributed by atoms with E-state index in [0.29, 0.717) is 19.0 Å². The van der Waals surface area contributed by atoms with E-state index in [1.165, 1.54) is 6.07 Å². The second-order valence-electron chi connectivity index (χ2n) is 6.30. The topological polar surface area (TPSA) is 78.2 Å². The van der Waals surface area contributed by atoms with Gasteiger partial charge in [-0.25, -0.2) is 0 Å². The van der Waals surface area contributed by atoms with Gasteiger partial charge in [0.25, 0.3) is 0 Å². The zero-order chi connectivity index (χ0) is 19.7. The highest BCUT2D eigenvalue weighted by molar-refractivity contribution is 6.30. The first-order valence-corrected chi connectivity index (χ1v) is 9.04. The van der Waals surface area contributed by atoms with Crippen molar-refractivity contribution in [2.24, 2.45) is 0 Å². The van der Waals surface area contributed by atoms with Crippen molar-refractivity contribution in [3.8, 4) is 5.75 Å². The second kappa shape index (κ2) is 7.80. The van der Waals surface area contributed by atoms with Gasteiger partial charge in [-0.05, 0) is 18.9 Å². The Morgan fingerprint density at radius 3 is 2.86 bits per heavy atom. The maximum absolute atomic E-state index is 12.6. The molecule has 0 atom stereocenters. The van der Waals surface area contributed by atoms with Gasteiger partial charge in [-0.3, -0.25) is 9.67 Å². The van der Waals surface area contributed by atoms with Gasteiger partial charge >= 0.3 is 6.61 Å². The molecule has 0 unspecified atom stereocenters. The van der Waals surface area contributed by atoms with E-state index >= 15 is 0 Å². The number of anilines is 2. The van der Waals surface area contributed by atoms with Gasteiger partial charge < -0.3 is 14.4 Å². The molecule has 4 heterocycles. The van der Waals surface area contributed by atoms with Crippen LogP contribution in [0.15, 0.2) is 24.5 Å². The zero-order valence-electron chi connectivity index (χ0n) is 14.9. The van der Waals surface area contributed by atoms with Gasteiger partial charge in [0.2, 0.25) is 0 Å². The van der Waals surface area contributed by atoms with Crippen LogP contribution >= 0.6 is 11.6 Å². The monoisotopic (exact) mass is 410 g/mol. The van der Waals surface area contributed by atoms with Crippen LogP contribution in [0.5, 0.6) is 5.75 Å². The molecule has 3 aromatic heterocycles. The molecular weight excluding hydrogens is 394 g/mol. The van der Waals surface area contributed by atoms with E-state index in [1.54, 1.807) is 24.3 Å². The highest BCUT2D eigenvalue weighted by Crippen LogP contribution is 2.34. The average Bonchev–Trinajstić information content (AvgIpc) is 3.09. The van der Waals surface area contributed by atoms with Gasteiger partial charge in [-0.1, -0.05) is 11.6 Å². The van der Waals surface area contributed by atoms with Crippen LogP contribution in [0.25, 0.3) is 10.9 Å². The number of halogens is 3. The van der Waals surface area contributed by atoms with Crippen molar-refractivity contribution < 1.29 is 18.3 Å². The van der Waals surface area contributed by atoms with Crippen LogP contribution in [0.2, 0.25) is 5.15 Å². The minimum absolute atomic E-state index is 0.204. The minimum atomic E-state index is -3.02. The quantitative estimate of drug-likeness (QED) is 0.636. The predicted octanol–water partition coefficient (Wildman–Crippen LogP) is 3.60. The molecule has 11 heteroatoms. The fourth-order valence-electron chi connectivity index (χ4n) is 3.23. The van der Waals surface area contributed by atoms with Gasteiger partial charge in [0.1, 0.15) is 0 Å². The van der Waals surface area contributed by atoms with E-state index in [9.17, 15) is 8.78 Å². The number of pyridine rings is 1. The highest BCUT2D eigenvalue weighted by atomic mass is 35.5. The van der Waals surface area contributed by atoms with Gasteiger partial charge in [-0.15, -0.1) is 10.2 Å². The maximum atomic E-state index is 12.6. The summed E-state index contributed by atoms with van der Waals surface area (Å²) in [6.07, 6.45) is 5.13. The number of hydrogen-bond donors (Lipinski definition) is 0. The van der Waals surface area contributed by atoms with Crippen molar-refractivity contribution in [3.05, 3.63) is 29.7 Å². The Labute approximate surface area is 164 Å². The largest absolute Gasteiger partial charge is 0.431 e. The summed E-state index contributed by atoms with van der Waals surface area (Å²) in [4.78, 5) is 5.83. The number of alkyl halides is 2. The molecule has 3 aromatic rings. The molecule has 1 aliphatic heterocycles. The van der Waals surface area contributed by atoms with E-state index in [-0.39, 0.29) is 22.8 Å². The van der Waals surface area contributed by atoms with Crippen molar-refractivity contribution in [2.45, 2.75) is 25.5 Å². The number of aromatic nitrogens is 5. The van der Waals surface area contributed by atoms with E-state index < -0.39 is 6.61 Å². The van der Waals surface area contributed by atoms with Gasteiger partial charge in [0.15, 0.2) is 22.5 Å². The smallest absolute Gasteiger partial charge is 0.387 e. The van der Waals surface area contributed by atoms with Crippen molar-refractivity contribution in [3.63, 3.8) is 0 Å². The molecule has 148 valence electrons. The van der Waals surface area contributed by atoms with E-state index in [2.05, 4.69) is 19.9 Å². The van der Waals surface area contributed by atoms with Crippen molar-refractivity contribution in [1.29, 1.82) is 0 Å². The average molecular weight is 411 g/mol. The summed E-state index contributed by atoms with van der Waals surface area (Å²) in [5, 5.41) is 13.0. The van der Waals surface area contributed by atoms with Gasteiger partial charge in [0, 0.05) is 38.7 Å². The third-order valence-corrected chi connectivity index (χ3v) is 4.87. The lowest BCUT2D eigenvalue weighted by atomic mass is 10.1. The maximum Gasteiger partial charge on any atom is 0.387 e. The summed E-state index contributed by atoms with van der Waals surface area (Å²) in [5.74, 6) is 0.594. The van der Waals surface area contributed by atoms with Crippen LogP contribution in [0, 0.1) is 0 Å². The zero-order valence-corrected chi connectivity index (χ0v) is 15.7. The molecule has 0 saturated carbocycles. The van der Waals surface area contributed by atoms with Crippen LogP contribution < -0.4 is 9.64 Å². The first-order chi connectivity index (χ1) is 13.5. The first kappa shape index (κ1) is 18.8. The Morgan fingerprint density at radius 1 is 1.32 bits per heavy atom. The van der Waals surface area contributed by atoms with Crippen LogP contribution in [0.1, 0.15) is 18.9 Å². The van der Waals surface area contributed by atoms with Crippen LogP contribution in [-0.2, 0) is 4.74 Å². The van der Waals surface area contributed by atoms with Crippen molar-refractivity contribution in [1.82, 2.24) is 25.0 Å². The number of fused-ring (bicyclic) bond motifs is 1. The van der Waals surface area contributed by atoms with E-state index in [0.717, 1.165) is 23.7 Å². The summed E-state index contributed by atoms with van der Waals surface area (Å²) in [7, 11) is 1.72. The number of nitrogens with zero attached hydrogens (tertiary/aromatic N) is 6. The van der Waals surface area contributed by atoms with Crippen molar-refractivity contribution >= 4 is 34.1 Å². The number of rotatable bonds is 5. The minimum Gasteiger partial charge on any atom is -0.431 e. The molecule has 1 fully saturated rings. The Hall–Kier alpha value is -2.59. The Kier molecular flexibility index (Phi) is 5.23. The lowest BCUT2D eigenvalue weighted by Gasteiger charge is -2.23. The SMILES string of the molecule is CN(c1cc(OC(F)F)c(Cl)nn1)c1nn(C2CCOCC2)c2ccncc12. The Bertz CT molecular complexity index is 979. The lowest BCUT2D eigenvalue weighted by molar-refractivity contribution is -0.0500. The molecule has 8 nitrogen and oxygen atoms in total. The summed E-state index contributed by atoms with van der Waals surface area (Å²) in [6.45, 7) is -1.66. The van der Waals surface area contributed by atoms with Crippen LogP contribution in [0.4, 0.5) is 20.4 Å². The van der Waals surface area contributed by atoms with Gasteiger partial charge in [0.05, 0.1) is 16.9 Å². The van der Waals surface area contributed by atoms with Crippen LogP contribution in [-0.4, -0.2) is 51.8 Å². The van der Waals surface area contributed by atoms with E-state index in [1.807, 2.05) is 10.7 Å². The molecule has 0 bridgehead atoms. The molecule has 0 amide bonds. The molecule has 0 aromatic carbocycles. The molecule has 0 spiro atoms. The Balaban J connectivity index is 1.74. The standard InChI is InChI=1S/C17H17ClF2N6O2/c1-25(14-8-13(28-17(19)20)15(18)23-22-14)16-11-9-21-5-2-12(11)26(24-16)10-3-6-27-7-4-10/h2,5,8-10,17H,3-4,6-7H2,1H3. The number of hydrogen-bond acceptors (Lipinski definition) is 7. The fourth-order valence-corrected chi connectivity index (χ4v) is 3.36. The molecule has 0 aliphatic carbocycles. The third-order valence-electron chi connectivity index (χ3n) is 4.61. The van der Waals surface area contributed by atoms with E-state index in [4.69, 9.17) is 21.4 Å². The van der Waals surface area contributed by atoms with Crippen LogP contribution in [0.3, 0.4) is 0 Å². The normalized spacial score (nSPS) is 15.3. The Morgan fingerprint density at radius 2 is 2.11 bits per heavy atom. The molecule has 28 heavy (non-hydrogen) atoms. The molecule has 1 aliphatic rings. The molecule has 0 radical (unpaired) electrons. The molecule has 1 saturated heterocycles. The highest BCUT2D eigenvalue weighted by Gasteiger charge is 2.24. The molecule has 4 rings (SSSR count). The second-order valence-corrected chi connectivity index (χ2v) is 6.66. The summed E-state index contributed by atoms with van der Waals surface area (Å²) < 4.78 is 37.0. The molecule has 0 N–H and O–H groups in total. The van der Waals surface area contributed by atoms with Gasteiger partial charge in [-0.2, -0.15) is 13.9 Å². The lowest BCUT2D eigenvalue weighted by Crippen LogP contribution is -2.21. The summed E-state index contributed by atoms with van der Waals surface area (Å²) >= 11 is 5.80. The first-order valence-electron chi connectivity index (χ1n) is 8.66. The molecular formula is C17H17ClF2N6O2. The number of ether oxygens (including phenoxy) is 2. The predicted molar refractivity (Wildman–Crippen MR) is 98.4 cm³/mol.